The maximum atomic E-state index is 12.8. The van der Waals surface area contributed by atoms with Crippen LogP contribution in [0.25, 0.3) is 0 Å². The van der Waals surface area contributed by atoms with Crippen molar-refractivity contribution >= 4 is 33.4 Å². The van der Waals surface area contributed by atoms with Crippen LogP contribution in [0.15, 0.2) is 17.1 Å². The molecule has 0 spiro atoms. The first kappa shape index (κ1) is 58.9. The number of aromatic nitrogens is 2. The second-order valence-corrected chi connectivity index (χ2v) is 21.1. The predicted molar refractivity (Wildman–Crippen MR) is 247 cm³/mol. The average molecular weight is 968 g/mol. The van der Waals surface area contributed by atoms with E-state index in [2.05, 4.69) is 37.0 Å². The summed E-state index contributed by atoms with van der Waals surface area (Å²) in [6, 6.07) is 1.25. The molecule has 4 unspecified atom stereocenters. The number of carbonyl (C=O) groups excluding carboxylic acids is 2. The van der Waals surface area contributed by atoms with Crippen LogP contribution in [0.3, 0.4) is 0 Å². The van der Waals surface area contributed by atoms with Gasteiger partial charge in [0.15, 0.2) is 12.3 Å². The number of anilines is 1. The minimum Gasteiger partial charge on any atom is -0.462 e. The van der Waals surface area contributed by atoms with Crippen molar-refractivity contribution in [1.29, 1.82) is 0 Å². The van der Waals surface area contributed by atoms with Gasteiger partial charge in [0.1, 0.15) is 30.7 Å². The lowest BCUT2D eigenvalue weighted by atomic mass is 9.99. The first-order valence-electron chi connectivity index (χ1n) is 24.3. The molecule has 1 aliphatic rings. The van der Waals surface area contributed by atoms with Crippen LogP contribution >= 0.6 is 15.6 Å². The summed E-state index contributed by atoms with van der Waals surface area (Å²) in [6.07, 6.45) is 19.3. The molecule has 2 rings (SSSR count). The van der Waals surface area contributed by atoms with E-state index in [1.165, 1.54) is 95.7 Å². The van der Waals surface area contributed by atoms with Crippen molar-refractivity contribution in [3.8, 4) is 0 Å². The highest BCUT2D eigenvalue weighted by molar-refractivity contribution is 7.61. The number of nitrogens with two attached hydrogens (primary N) is 1. The van der Waals surface area contributed by atoms with Crippen LogP contribution in [0.1, 0.15) is 194 Å². The fraction of sp³-hybridized carbons (Fsp3) is 0.867. The molecule has 1 aromatic heterocycles. The number of esters is 2. The summed E-state index contributed by atoms with van der Waals surface area (Å²) in [6.45, 7) is 6.75. The lowest BCUT2D eigenvalue weighted by Crippen LogP contribution is -2.36. The number of nitrogens with zero attached hydrogens (tertiary/aromatic N) is 2. The SMILES string of the molecule is CCC(C)CCCCCCCCCCC(=O)O[C@H](COC(=O)CCCCCCCCCCCCCCC(C)C)COP(=O)(O)OP(=O)(O)OC[C@H]1O[C@@H](n2ccc(N)nc2=O)C(O)[C@H]1O. The van der Waals surface area contributed by atoms with Gasteiger partial charge >= 0.3 is 33.3 Å². The molecule has 0 aromatic carbocycles. The first-order valence-corrected chi connectivity index (χ1v) is 27.3. The molecule has 0 amide bonds. The van der Waals surface area contributed by atoms with Gasteiger partial charge in [-0.2, -0.15) is 9.29 Å². The molecule has 1 aromatic rings. The van der Waals surface area contributed by atoms with Gasteiger partial charge < -0.3 is 39.9 Å². The quantitative estimate of drug-likeness (QED) is 0.0234. The smallest absolute Gasteiger partial charge is 0.462 e. The summed E-state index contributed by atoms with van der Waals surface area (Å²) in [5, 5.41) is 20.9. The Kier molecular flexibility index (Phi) is 30.2. The Bertz CT molecular complexity index is 1620. The van der Waals surface area contributed by atoms with Crippen molar-refractivity contribution in [2.75, 3.05) is 25.6 Å². The summed E-state index contributed by atoms with van der Waals surface area (Å²) >= 11 is 0. The van der Waals surface area contributed by atoms with Crippen molar-refractivity contribution in [3.05, 3.63) is 22.7 Å². The Morgan fingerprint density at radius 1 is 0.738 bits per heavy atom. The number of ether oxygens (including phenoxy) is 3. The molecule has 18 nitrogen and oxygen atoms in total. The number of phosphoric ester groups is 2. The lowest BCUT2D eigenvalue weighted by molar-refractivity contribution is -0.161. The summed E-state index contributed by atoms with van der Waals surface area (Å²) in [5.74, 6) is 0.260. The van der Waals surface area contributed by atoms with Gasteiger partial charge in [-0.1, -0.05) is 163 Å². The van der Waals surface area contributed by atoms with Crippen LogP contribution in [0.2, 0.25) is 0 Å². The molecule has 1 fully saturated rings. The number of aliphatic hydroxyl groups excluding tert-OH is 2. The number of carbonyl (C=O) groups is 2. The Balaban J connectivity index is 1.81. The Morgan fingerprint density at radius 3 is 1.75 bits per heavy atom. The van der Waals surface area contributed by atoms with Crippen LogP contribution in [0, 0.1) is 11.8 Å². The molecule has 0 radical (unpaired) electrons. The highest BCUT2D eigenvalue weighted by Gasteiger charge is 2.46. The molecular formula is C45H83N3O15P2. The predicted octanol–water partition coefficient (Wildman–Crippen LogP) is 9.21. The van der Waals surface area contributed by atoms with Gasteiger partial charge in [0.25, 0.3) is 0 Å². The van der Waals surface area contributed by atoms with E-state index in [1.54, 1.807) is 0 Å². The largest absolute Gasteiger partial charge is 0.481 e. The van der Waals surface area contributed by atoms with Crippen molar-refractivity contribution in [2.45, 2.75) is 219 Å². The number of nitrogen functional groups attached to an aromatic ring is 1. The molecule has 2 heterocycles. The Morgan fingerprint density at radius 2 is 1.23 bits per heavy atom. The molecule has 378 valence electrons. The van der Waals surface area contributed by atoms with E-state index in [4.69, 9.17) is 29.0 Å². The second kappa shape index (κ2) is 33.3. The van der Waals surface area contributed by atoms with Gasteiger partial charge in [-0.05, 0) is 30.7 Å². The van der Waals surface area contributed by atoms with Crippen LogP contribution in [-0.4, -0.2) is 85.7 Å². The summed E-state index contributed by atoms with van der Waals surface area (Å²) in [7, 11) is -10.8. The average Bonchev–Trinajstić information content (AvgIpc) is 3.52. The molecule has 0 bridgehead atoms. The zero-order valence-electron chi connectivity index (χ0n) is 39.6. The maximum Gasteiger partial charge on any atom is 0.481 e. The highest BCUT2D eigenvalue weighted by atomic mass is 31.3. The molecule has 8 atom stereocenters. The first-order chi connectivity index (χ1) is 30.9. The molecule has 1 saturated heterocycles. The van der Waals surface area contributed by atoms with E-state index in [9.17, 15) is 43.5 Å². The third kappa shape index (κ3) is 27.4. The number of rotatable bonds is 39. The van der Waals surface area contributed by atoms with Crippen LogP contribution in [0.5, 0.6) is 0 Å². The summed E-state index contributed by atoms with van der Waals surface area (Å²) in [5.41, 5.74) is 4.59. The van der Waals surface area contributed by atoms with Gasteiger partial charge in [-0.15, -0.1) is 0 Å². The number of hydrogen-bond acceptors (Lipinski definition) is 15. The Hall–Kier alpha value is -2.24. The molecular weight excluding hydrogens is 884 g/mol. The van der Waals surface area contributed by atoms with E-state index in [1.807, 2.05) is 0 Å². The number of phosphoric acid groups is 2. The minimum absolute atomic E-state index is 0.0544. The fourth-order valence-corrected chi connectivity index (χ4v) is 9.58. The van der Waals surface area contributed by atoms with E-state index in [-0.39, 0.29) is 18.7 Å². The summed E-state index contributed by atoms with van der Waals surface area (Å²) in [4.78, 5) is 61.8. The van der Waals surface area contributed by atoms with Crippen molar-refractivity contribution in [3.63, 3.8) is 0 Å². The normalized spacial score (nSPS) is 20.3. The van der Waals surface area contributed by atoms with Gasteiger partial charge in [-0.25, -0.2) is 13.9 Å². The molecule has 6 N–H and O–H groups in total. The fourth-order valence-electron chi connectivity index (χ4n) is 7.47. The summed E-state index contributed by atoms with van der Waals surface area (Å²) < 4.78 is 56.7. The molecule has 65 heavy (non-hydrogen) atoms. The molecule has 1 aliphatic heterocycles. The second-order valence-electron chi connectivity index (χ2n) is 18.0. The maximum absolute atomic E-state index is 12.8. The molecule has 0 saturated carbocycles. The standard InChI is InChI=1S/C45H83N3O15P2/c1-5-36(4)27-23-19-15-12-13-17-21-25-29-41(50)61-37(32-58-40(49)28-24-20-16-11-9-7-6-8-10-14-18-22-26-35(2)3)33-59-64(54,55)63-65(56,57)60-34-38-42(51)43(52)44(62-38)48-31-30-39(46)47-45(48)53/h30-31,35-38,42-44,51-52H,5-29,32-34H2,1-4H3,(H,54,55)(H,56,57)(H2,46,47,53)/t36?,37-,38-,42+,43?,44-/m1/s1. The van der Waals surface area contributed by atoms with Crippen LogP contribution in [0.4, 0.5) is 5.82 Å². The van der Waals surface area contributed by atoms with E-state index >= 15 is 0 Å². The van der Waals surface area contributed by atoms with Crippen molar-refractivity contribution in [1.82, 2.24) is 9.55 Å². The highest BCUT2D eigenvalue weighted by Crippen LogP contribution is 2.60. The monoisotopic (exact) mass is 968 g/mol. The lowest BCUT2D eigenvalue weighted by Gasteiger charge is -2.21. The third-order valence-corrected chi connectivity index (χ3v) is 14.3. The van der Waals surface area contributed by atoms with E-state index in [0.29, 0.717) is 12.8 Å². The van der Waals surface area contributed by atoms with E-state index < -0.39 is 83.7 Å². The van der Waals surface area contributed by atoms with Gasteiger partial charge in [0.05, 0.1) is 13.2 Å². The zero-order chi connectivity index (χ0) is 48.1. The van der Waals surface area contributed by atoms with Crippen LogP contribution < -0.4 is 11.4 Å². The molecule has 0 aliphatic carbocycles. The Labute approximate surface area is 387 Å². The number of hydrogen-bond donors (Lipinski definition) is 5. The van der Waals surface area contributed by atoms with Crippen LogP contribution in [-0.2, 0) is 46.3 Å². The van der Waals surface area contributed by atoms with Gasteiger partial charge in [-0.3, -0.25) is 23.2 Å². The topological polar surface area (TPSA) is 265 Å². The third-order valence-electron chi connectivity index (χ3n) is 11.7. The zero-order valence-corrected chi connectivity index (χ0v) is 41.4. The van der Waals surface area contributed by atoms with Gasteiger partial charge in [0, 0.05) is 19.0 Å². The molecule has 20 heteroatoms. The minimum atomic E-state index is -5.41. The van der Waals surface area contributed by atoms with Gasteiger partial charge in [0.2, 0.25) is 0 Å². The number of unbranched alkanes of at least 4 members (excludes halogenated alkanes) is 18. The number of aliphatic hydroxyl groups is 2. The van der Waals surface area contributed by atoms with E-state index in [0.717, 1.165) is 67.8 Å². The van der Waals surface area contributed by atoms with Crippen molar-refractivity contribution in [2.24, 2.45) is 11.8 Å². The van der Waals surface area contributed by atoms with Crippen molar-refractivity contribution < 1.29 is 66.3 Å².